The van der Waals surface area contributed by atoms with Gasteiger partial charge in [-0.3, -0.25) is 10.1 Å². The minimum atomic E-state index is -4.24. The molecular weight excluding hydrogens is 245 g/mol. The van der Waals surface area contributed by atoms with Gasteiger partial charge in [-0.05, 0) is 25.7 Å². The van der Waals surface area contributed by atoms with E-state index in [0.29, 0.717) is 0 Å². The SMILES string of the molecule is CC(C)C1NC2(CC2)C(=O)N1C(C)CC(F)(F)F. The van der Waals surface area contributed by atoms with Gasteiger partial charge in [0, 0.05) is 6.04 Å². The minimum absolute atomic E-state index is 0.101. The van der Waals surface area contributed by atoms with Crippen LogP contribution in [-0.2, 0) is 4.79 Å². The lowest BCUT2D eigenvalue weighted by Crippen LogP contribution is -2.47. The molecule has 2 atom stereocenters. The van der Waals surface area contributed by atoms with Crippen molar-refractivity contribution in [2.24, 2.45) is 5.92 Å². The van der Waals surface area contributed by atoms with Gasteiger partial charge in [-0.25, -0.2) is 0 Å². The first-order chi connectivity index (χ1) is 8.16. The molecule has 1 saturated heterocycles. The molecule has 104 valence electrons. The molecule has 3 nitrogen and oxygen atoms in total. The molecule has 6 heteroatoms. The van der Waals surface area contributed by atoms with E-state index < -0.39 is 24.2 Å². The molecule has 1 amide bonds. The molecular formula is C12H19F3N2O. The Morgan fingerprint density at radius 1 is 1.39 bits per heavy atom. The third-order valence-electron chi connectivity index (χ3n) is 3.75. The van der Waals surface area contributed by atoms with Crippen molar-refractivity contribution in [3.63, 3.8) is 0 Å². The molecule has 1 aliphatic carbocycles. The summed E-state index contributed by atoms with van der Waals surface area (Å²) < 4.78 is 37.4. The van der Waals surface area contributed by atoms with Crippen molar-refractivity contribution in [2.75, 3.05) is 0 Å². The monoisotopic (exact) mass is 264 g/mol. The van der Waals surface area contributed by atoms with E-state index in [9.17, 15) is 18.0 Å². The van der Waals surface area contributed by atoms with Crippen LogP contribution in [0, 0.1) is 5.92 Å². The van der Waals surface area contributed by atoms with E-state index >= 15 is 0 Å². The fourth-order valence-corrected chi connectivity index (χ4v) is 2.67. The molecule has 0 aromatic heterocycles. The fourth-order valence-electron chi connectivity index (χ4n) is 2.67. The second-order valence-electron chi connectivity index (χ2n) is 5.80. The van der Waals surface area contributed by atoms with Gasteiger partial charge in [-0.1, -0.05) is 13.8 Å². The molecule has 2 unspecified atom stereocenters. The molecule has 2 fully saturated rings. The van der Waals surface area contributed by atoms with Gasteiger partial charge in [0.15, 0.2) is 0 Å². The van der Waals surface area contributed by atoms with Gasteiger partial charge >= 0.3 is 6.18 Å². The van der Waals surface area contributed by atoms with Crippen LogP contribution in [0.5, 0.6) is 0 Å². The third kappa shape index (κ3) is 2.35. The van der Waals surface area contributed by atoms with Gasteiger partial charge in [-0.2, -0.15) is 13.2 Å². The van der Waals surface area contributed by atoms with Crippen molar-refractivity contribution < 1.29 is 18.0 Å². The number of carbonyl (C=O) groups excluding carboxylic acids is 1. The van der Waals surface area contributed by atoms with Gasteiger partial charge < -0.3 is 4.90 Å². The Balaban J connectivity index is 2.15. The maximum Gasteiger partial charge on any atom is 0.391 e. The zero-order chi connectivity index (χ0) is 13.7. The second kappa shape index (κ2) is 4.11. The fraction of sp³-hybridized carbons (Fsp3) is 0.917. The Morgan fingerprint density at radius 2 is 1.94 bits per heavy atom. The summed E-state index contributed by atoms with van der Waals surface area (Å²) in [6.07, 6.45) is -3.98. The van der Waals surface area contributed by atoms with Crippen molar-refractivity contribution >= 4 is 5.91 Å². The molecule has 1 heterocycles. The number of amides is 1. The maximum absolute atomic E-state index is 12.5. The summed E-state index contributed by atoms with van der Waals surface area (Å²) in [4.78, 5) is 13.6. The highest BCUT2D eigenvalue weighted by atomic mass is 19.4. The van der Waals surface area contributed by atoms with E-state index in [0.717, 1.165) is 12.8 Å². The summed E-state index contributed by atoms with van der Waals surface area (Å²) in [6, 6.07) is -0.808. The summed E-state index contributed by atoms with van der Waals surface area (Å²) in [5.41, 5.74) is -0.547. The topological polar surface area (TPSA) is 32.3 Å². The second-order valence-corrected chi connectivity index (χ2v) is 5.80. The number of rotatable bonds is 3. The number of carbonyl (C=O) groups is 1. The minimum Gasteiger partial charge on any atom is -0.322 e. The van der Waals surface area contributed by atoms with E-state index in [-0.39, 0.29) is 18.0 Å². The lowest BCUT2D eigenvalue weighted by atomic mass is 10.1. The number of nitrogens with one attached hydrogen (secondary N) is 1. The predicted molar refractivity (Wildman–Crippen MR) is 60.7 cm³/mol. The number of nitrogens with zero attached hydrogens (tertiary/aromatic N) is 1. The van der Waals surface area contributed by atoms with Crippen LogP contribution in [0.15, 0.2) is 0 Å². The summed E-state index contributed by atoms with van der Waals surface area (Å²) in [5, 5.41) is 3.22. The Kier molecular flexibility index (Phi) is 3.12. The van der Waals surface area contributed by atoms with Crippen molar-refractivity contribution in [1.29, 1.82) is 0 Å². The molecule has 0 bridgehead atoms. The van der Waals surface area contributed by atoms with Crippen molar-refractivity contribution in [2.45, 2.75) is 64.0 Å². The number of hydrogen-bond acceptors (Lipinski definition) is 2. The Hall–Kier alpha value is -0.780. The standard InChI is InChI=1S/C12H19F3N2O/c1-7(2)9-16-11(4-5-11)10(18)17(9)8(3)6-12(13,14)15/h7-9,16H,4-6H2,1-3H3. The third-order valence-corrected chi connectivity index (χ3v) is 3.75. The van der Waals surface area contributed by atoms with Crippen LogP contribution in [-0.4, -0.2) is 34.7 Å². The van der Waals surface area contributed by atoms with Crippen LogP contribution in [0.2, 0.25) is 0 Å². The summed E-state index contributed by atoms with van der Waals surface area (Å²) >= 11 is 0. The Morgan fingerprint density at radius 3 is 2.33 bits per heavy atom. The number of hydrogen-bond donors (Lipinski definition) is 1. The molecule has 1 aliphatic heterocycles. The average molecular weight is 264 g/mol. The van der Waals surface area contributed by atoms with Crippen LogP contribution in [0.25, 0.3) is 0 Å². The molecule has 0 radical (unpaired) electrons. The lowest BCUT2D eigenvalue weighted by Gasteiger charge is -2.33. The first-order valence-electron chi connectivity index (χ1n) is 6.33. The molecule has 18 heavy (non-hydrogen) atoms. The zero-order valence-electron chi connectivity index (χ0n) is 10.8. The molecule has 0 aromatic carbocycles. The van der Waals surface area contributed by atoms with Crippen molar-refractivity contribution in [3.8, 4) is 0 Å². The van der Waals surface area contributed by atoms with E-state index in [1.54, 1.807) is 0 Å². The van der Waals surface area contributed by atoms with Crippen LogP contribution in [0.1, 0.15) is 40.0 Å². The molecule has 0 aromatic rings. The zero-order valence-corrected chi connectivity index (χ0v) is 10.8. The van der Waals surface area contributed by atoms with E-state index in [1.807, 2.05) is 13.8 Å². The Bertz CT molecular complexity index is 350. The van der Waals surface area contributed by atoms with Gasteiger partial charge in [0.2, 0.25) is 5.91 Å². The van der Waals surface area contributed by atoms with Crippen LogP contribution >= 0.6 is 0 Å². The van der Waals surface area contributed by atoms with Crippen molar-refractivity contribution in [3.05, 3.63) is 0 Å². The van der Waals surface area contributed by atoms with Gasteiger partial charge in [0.25, 0.3) is 0 Å². The van der Waals surface area contributed by atoms with E-state index in [2.05, 4.69) is 5.32 Å². The van der Waals surface area contributed by atoms with Crippen LogP contribution in [0.4, 0.5) is 13.2 Å². The number of halogens is 3. The number of alkyl halides is 3. The van der Waals surface area contributed by atoms with Gasteiger partial charge in [-0.15, -0.1) is 0 Å². The summed E-state index contributed by atoms with van der Waals surface area (Å²) in [5.74, 6) is -0.0532. The van der Waals surface area contributed by atoms with Gasteiger partial charge in [0.05, 0.1) is 18.1 Å². The van der Waals surface area contributed by atoms with E-state index in [4.69, 9.17) is 0 Å². The van der Waals surface area contributed by atoms with Crippen LogP contribution in [0.3, 0.4) is 0 Å². The average Bonchev–Trinajstić information content (AvgIpc) is 2.87. The normalized spacial score (nSPS) is 28.3. The van der Waals surface area contributed by atoms with Crippen LogP contribution < -0.4 is 5.32 Å². The van der Waals surface area contributed by atoms with Gasteiger partial charge in [0.1, 0.15) is 0 Å². The first kappa shape index (κ1) is 13.6. The lowest BCUT2D eigenvalue weighted by molar-refractivity contribution is -0.154. The highest BCUT2D eigenvalue weighted by Gasteiger charge is 2.60. The molecule has 1 saturated carbocycles. The summed E-state index contributed by atoms with van der Waals surface area (Å²) in [7, 11) is 0. The molecule has 2 rings (SSSR count). The highest BCUT2D eigenvalue weighted by molar-refractivity contribution is 5.92. The highest BCUT2D eigenvalue weighted by Crippen LogP contribution is 2.44. The predicted octanol–water partition coefficient (Wildman–Crippen LogP) is 2.27. The summed E-state index contributed by atoms with van der Waals surface area (Å²) in [6.45, 7) is 5.31. The largest absolute Gasteiger partial charge is 0.391 e. The molecule has 1 spiro atoms. The quantitative estimate of drug-likeness (QED) is 0.848. The Labute approximate surface area is 105 Å². The van der Waals surface area contributed by atoms with Crippen molar-refractivity contribution in [1.82, 2.24) is 10.2 Å². The molecule has 1 N–H and O–H groups in total. The van der Waals surface area contributed by atoms with E-state index in [1.165, 1.54) is 11.8 Å². The molecule has 2 aliphatic rings. The smallest absolute Gasteiger partial charge is 0.322 e. The maximum atomic E-state index is 12.5. The first-order valence-corrected chi connectivity index (χ1v) is 6.33.